The lowest BCUT2D eigenvalue weighted by Gasteiger charge is -2.35. The minimum absolute atomic E-state index is 0.882. The minimum Gasteiger partial charge on any atom is -0.418 e. The summed E-state index contributed by atoms with van der Waals surface area (Å²) in [4.78, 5) is 0. The molecule has 0 aromatic rings. The van der Waals surface area contributed by atoms with Gasteiger partial charge in [0.15, 0.2) is 8.32 Å². The number of rotatable bonds is 10. The Morgan fingerprint density at radius 1 is 0.889 bits per heavy atom. The molecule has 0 saturated heterocycles. The van der Waals surface area contributed by atoms with Gasteiger partial charge in [-0.1, -0.05) is 33.0 Å². The summed E-state index contributed by atoms with van der Waals surface area (Å²) >= 11 is 0. The maximum Gasteiger partial charge on any atom is 0.186 e. The normalized spacial score (nSPS) is 13.3. The molecule has 110 valence electrons. The van der Waals surface area contributed by atoms with Crippen LogP contribution in [0.3, 0.4) is 0 Å². The number of hydrogen-bond acceptors (Lipinski definition) is 2. The van der Waals surface area contributed by atoms with Crippen molar-refractivity contribution < 1.29 is 4.43 Å². The molecule has 0 heterocycles. The highest BCUT2D eigenvalue weighted by Gasteiger charge is 2.25. The van der Waals surface area contributed by atoms with Gasteiger partial charge in [-0.25, -0.2) is 0 Å². The van der Waals surface area contributed by atoms with E-state index in [0.717, 1.165) is 6.61 Å². The fourth-order valence-electron chi connectivity index (χ4n) is 2.29. The van der Waals surface area contributed by atoms with Crippen LogP contribution in [-0.2, 0) is 4.43 Å². The lowest BCUT2D eigenvalue weighted by molar-refractivity contribution is 0.324. The predicted molar refractivity (Wildman–Crippen MR) is 88.4 cm³/mol. The molecule has 0 aliphatic carbocycles. The highest BCUT2D eigenvalue weighted by Crippen LogP contribution is 2.17. The van der Waals surface area contributed by atoms with Crippen LogP contribution in [0.25, 0.3) is 0 Å². The van der Waals surface area contributed by atoms with Crippen LogP contribution < -0.4 is 0 Å². The lowest BCUT2D eigenvalue weighted by atomic mass is 10.3. The molecule has 0 spiro atoms. The summed E-state index contributed by atoms with van der Waals surface area (Å²) in [7, 11) is -2.50. The van der Waals surface area contributed by atoms with Crippen molar-refractivity contribution in [3.05, 3.63) is 0 Å². The molecule has 0 aliphatic heterocycles. The molecule has 0 atom stereocenters. The average Bonchev–Trinajstić information content (AvgIpc) is 2.21. The van der Waals surface area contributed by atoms with Crippen molar-refractivity contribution in [2.45, 2.75) is 71.9 Å². The van der Waals surface area contributed by atoms with Crippen LogP contribution in [-0.4, -0.2) is 40.8 Å². The van der Waals surface area contributed by atoms with Crippen LogP contribution >= 0.6 is 0 Å². The van der Waals surface area contributed by atoms with E-state index in [1.165, 1.54) is 38.4 Å². The smallest absolute Gasteiger partial charge is 0.186 e. The Morgan fingerprint density at radius 2 is 1.44 bits per heavy atom. The molecule has 2 nitrogen and oxygen atoms in total. The first-order chi connectivity index (χ1) is 8.23. The van der Waals surface area contributed by atoms with E-state index in [1.807, 2.05) is 0 Å². The van der Waals surface area contributed by atoms with Crippen LogP contribution in [0.15, 0.2) is 0 Å². The summed E-state index contributed by atoms with van der Waals surface area (Å²) in [6, 6.07) is 1.30. The molecule has 0 unspecified atom stereocenters. The first kappa shape index (κ1) is 18.4. The van der Waals surface area contributed by atoms with Crippen LogP contribution in [0.5, 0.6) is 0 Å². The maximum atomic E-state index is 5.91. The van der Waals surface area contributed by atoms with Gasteiger partial charge in [-0.05, 0) is 52.0 Å². The van der Waals surface area contributed by atoms with E-state index < -0.39 is 16.6 Å². The van der Waals surface area contributed by atoms with Gasteiger partial charge in [0.1, 0.15) is 8.24 Å². The first-order valence-corrected chi connectivity index (χ1v) is 14.2. The van der Waals surface area contributed by atoms with Crippen LogP contribution in [0.2, 0.25) is 38.8 Å². The second kappa shape index (κ2) is 8.51. The Bertz CT molecular complexity index is 214. The molecule has 0 bridgehead atoms. The van der Waals surface area contributed by atoms with E-state index in [9.17, 15) is 0 Å². The van der Waals surface area contributed by atoms with Gasteiger partial charge >= 0.3 is 0 Å². The highest BCUT2D eigenvalue weighted by molar-refractivity contribution is 6.73. The van der Waals surface area contributed by atoms with Crippen LogP contribution in [0, 0.1) is 0 Å². The number of hydrogen-bond donors (Lipinski definition) is 0. The third-order valence-electron chi connectivity index (χ3n) is 3.47. The summed E-state index contributed by atoms with van der Waals surface area (Å²) in [6.07, 6.45) is 3.96. The van der Waals surface area contributed by atoms with Crippen LogP contribution in [0.1, 0.15) is 33.1 Å². The van der Waals surface area contributed by atoms with Gasteiger partial charge in [0.05, 0.1) is 0 Å². The fourth-order valence-corrected chi connectivity index (χ4v) is 5.88. The van der Waals surface area contributed by atoms with Gasteiger partial charge in [-0.15, -0.1) is 0 Å². The summed E-state index contributed by atoms with van der Waals surface area (Å²) in [6.45, 7) is 19.9. The van der Waals surface area contributed by atoms with Gasteiger partial charge in [0, 0.05) is 6.61 Å². The molecule has 4 heteroatoms. The van der Waals surface area contributed by atoms with E-state index in [2.05, 4.69) is 51.1 Å². The highest BCUT2D eigenvalue weighted by atomic mass is 28.4. The average molecular weight is 290 g/mol. The molecular formula is C14H35NOSi2. The lowest BCUT2D eigenvalue weighted by Crippen LogP contribution is -2.47. The summed E-state index contributed by atoms with van der Waals surface area (Å²) in [5.74, 6) is 0. The van der Waals surface area contributed by atoms with E-state index in [1.54, 1.807) is 0 Å². The number of unbranched alkanes of at least 4 members (excludes halogenated alkanes) is 1. The Labute approximate surface area is 117 Å². The maximum absolute atomic E-state index is 5.91. The third kappa shape index (κ3) is 8.45. The minimum atomic E-state index is -1.37. The quantitative estimate of drug-likeness (QED) is 0.547. The molecule has 0 amide bonds. The van der Waals surface area contributed by atoms with Crippen molar-refractivity contribution in [1.82, 2.24) is 4.57 Å². The van der Waals surface area contributed by atoms with Crippen molar-refractivity contribution in [2.75, 3.05) is 19.7 Å². The van der Waals surface area contributed by atoms with Gasteiger partial charge in [0.2, 0.25) is 0 Å². The largest absolute Gasteiger partial charge is 0.418 e. The Kier molecular flexibility index (Phi) is 8.68. The third-order valence-corrected chi connectivity index (χ3v) is 8.44. The van der Waals surface area contributed by atoms with Crippen molar-refractivity contribution in [3.8, 4) is 0 Å². The van der Waals surface area contributed by atoms with E-state index >= 15 is 0 Å². The molecule has 18 heavy (non-hydrogen) atoms. The topological polar surface area (TPSA) is 12.5 Å². The summed E-state index contributed by atoms with van der Waals surface area (Å²) in [5.41, 5.74) is 0. The summed E-state index contributed by atoms with van der Waals surface area (Å²) < 4.78 is 8.68. The van der Waals surface area contributed by atoms with E-state index in [-0.39, 0.29) is 0 Å². The SMILES string of the molecule is CCCCN(CCC[Si](C)(C)OCC)[Si](C)(C)C. The summed E-state index contributed by atoms with van der Waals surface area (Å²) in [5, 5.41) is 0. The molecule has 0 aliphatic rings. The predicted octanol–water partition coefficient (Wildman–Crippen LogP) is 4.56. The fraction of sp³-hybridized carbons (Fsp3) is 1.00. The van der Waals surface area contributed by atoms with Gasteiger partial charge in [-0.2, -0.15) is 0 Å². The molecule has 0 saturated carbocycles. The molecule has 0 radical (unpaired) electrons. The zero-order valence-electron chi connectivity index (χ0n) is 13.8. The number of nitrogens with zero attached hydrogens (tertiary/aromatic N) is 1. The van der Waals surface area contributed by atoms with Crippen molar-refractivity contribution in [1.29, 1.82) is 0 Å². The van der Waals surface area contributed by atoms with Crippen molar-refractivity contribution in [3.63, 3.8) is 0 Å². The Balaban J connectivity index is 4.11. The standard InChI is InChI=1S/C14H35NOSi2/c1-8-10-12-15(17(3,4)5)13-11-14-18(6,7)16-9-2/h8-14H2,1-7H3. The molecule has 0 N–H and O–H groups in total. The first-order valence-electron chi connectivity index (χ1n) is 7.62. The van der Waals surface area contributed by atoms with Crippen molar-refractivity contribution in [2.24, 2.45) is 0 Å². The monoisotopic (exact) mass is 289 g/mol. The molecular weight excluding hydrogens is 254 g/mol. The van der Waals surface area contributed by atoms with Crippen molar-refractivity contribution >= 4 is 16.6 Å². The zero-order chi connectivity index (χ0) is 14.2. The molecule has 0 fully saturated rings. The van der Waals surface area contributed by atoms with E-state index in [4.69, 9.17) is 4.43 Å². The molecule has 0 aromatic carbocycles. The second-order valence-electron chi connectivity index (χ2n) is 6.81. The van der Waals surface area contributed by atoms with Gasteiger partial charge < -0.3 is 8.99 Å². The van der Waals surface area contributed by atoms with E-state index in [0.29, 0.717) is 0 Å². The second-order valence-corrected chi connectivity index (χ2v) is 16.1. The molecule has 0 aromatic heterocycles. The zero-order valence-corrected chi connectivity index (χ0v) is 15.8. The molecule has 0 rings (SSSR count). The van der Waals surface area contributed by atoms with Gasteiger partial charge in [0.25, 0.3) is 0 Å². The van der Waals surface area contributed by atoms with Gasteiger partial charge in [-0.3, -0.25) is 0 Å². The Hall–Kier alpha value is 0.354. The Morgan fingerprint density at radius 3 is 1.89 bits per heavy atom. The van der Waals surface area contributed by atoms with Crippen LogP contribution in [0.4, 0.5) is 0 Å².